The van der Waals surface area contributed by atoms with Crippen molar-refractivity contribution in [2.45, 2.75) is 20.3 Å². The fourth-order valence-electron chi connectivity index (χ4n) is 1.45. The predicted molar refractivity (Wildman–Crippen MR) is 59.3 cm³/mol. The highest BCUT2D eigenvalue weighted by Gasteiger charge is 2.04. The normalized spacial score (nSPS) is 10.4. The van der Waals surface area contributed by atoms with Crippen LogP contribution in [0.1, 0.15) is 18.2 Å². The number of rotatable bonds is 2. The lowest BCUT2D eigenvalue weighted by Gasteiger charge is -2.03. The molecule has 82 valence electrons. The van der Waals surface area contributed by atoms with Crippen LogP contribution in [0.25, 0.3) is 11.3 Å². The third-order valence-corrected chi connectivity index (χ3v) is 2.40. The molecule has 0 bridgehead atoms. The zero-order valence-electron chi connectivity index (χ0n) is 9.24. The molecule has 0 saturated heterocycles. The van der Waals surface area contributed by atoms with Crippen molar-refractivity contribution in [1.29, 1.82) is 0 Å². The van der Waals surface area contributed by atoms with Crippen molar-refractivity contribution in [3.63, 3.8) is 0 Å². The van der Waals surface area contributed by atoms with Crippen LogP contribution in [0.3, 0.4) is 0 Å². The standard InChI is InChI=1S/C12H12FN3/c1-3-10-5-11(16-7-15-10)9-4-8(2)12(13)14-6-9/h4-7H,3H2,1-2H3. The molecule has 0 saturated carbocycles. The third kappa shape index (κ3) is 2.05. The van der Waals surface area contributed by atoms with Gasteiger partial charge in [0.25, 0.3) is 0 Å². The van der Waals surface area contributed by atoms with E-state index in [1.54, 1.807) is 13.0 Å². The van der Waals surface area contributed by atoms with Crippen LogP contribution in [0.2, 0.25) is 0 Å². The van der Waals surface area contributed by atoms with Gasteiger partial charge in [-0.2, -0.15) is 4.39 Å². The summed E-state index contributed by atoms with van der Waals surface area (Å²) in [6.45, 7) is 3.72. The monoisotopic (exact) mass is 217 g/mol. The number of hydrogen-bond donors (Lipinski definition) is 0. The van der Waals surface area contributed by atoms with Gasteiger partial charge >= 0.3 is 0 Å². The van der Waals surface area contributed by atoms with Gasteiger partial charge in [-0.05, 0) is 25.5 Å². The summed E-state index contributed by atoms with van der Waals surface area (Å²) in [6.07, 6.45) is 3.86. The summed E-state index contributed by atoms with van der Waals surface area (Å²) in [6, 6.07) is 3.64. The minimum Gasteiger partial charge on any atom is -0.241 e. The molecule has 0 aromatic carbocycles. The molecule has 0 aliphatic carbocycles. The maximum absolute atomic E-state index is 13.0. The molecule has 0 radical (unpaired) electrons. The minimum atomic E-state index is -0.437. The summed E-state index contributed by atoms with van der Waals surface area (Å²) in [5.41, 5.74) is 3.08. The van der Waals surface area contributed by atoms with Gasteiger partial charge in [0.15, 0.2) is 0 Å². The molecular formula is C12H12FN3. The van der Waals surface area contributed by atoms with Gasteiger partial charge in [0, 0.05) is 23.0 Å². The fourth-order valence-corrected chi connectivity index (χ4v) is 1.45. The first kappa shape index (κ1) is 10.7. The number of aryl methyl sites for hydroxylation is 2. The van der Waals surface area contributed by atoms with Crippen molar-refractivity contribution in [1.82, 2.24) is 15.0 Å². The lowest BCUT2D eigenvalue weighted by Crippen LogP contribution is -1.94. The number of aromatic nitrogens is 3. The molecule has 2 heterocycles. The molecule has 0 N–H and O–H groups in total. The second-order valence-electron chi connectivity index (χ2n) is 3.58. The van der Waals surface area contributed by atoms with E-state index in [0.29, 0.717) is 5.56 Å². The Kier molecular flexibility index (Phi) is 2.90. The highest BCUT2D eigenvalue weighted by molar-refractivity contribution is 5.58. The number of pyridine rings is 1. The Hall–Kier alpha value is -1.84. The van der Waals surface area contributed by atoms with E-state index in [2.05, 4.69) is 15.0 Å². The summed E-state index contributed by atoms with van der Waals surface area (Å²) >= 11 is 0. The van der Waals surface area contributed by atoms with Crippen molar-refractivity contribution in [2.24, 2.45) is 0 Å². The Morgan fingerprint density at radius 3 is 2.69 bits per heavy atom. The van der Waals surface area contributed by atoms with E-state index in [1.807, 2.05) is 13.0 Å². The first-order valence-electron chi connectivity index (χ1n) is 5.14. The Morgan fingerprint density at radius 2 is 2.00 bits per heavy atom. The van der Waals surface area contributed by atoms with Crippen molar-refractivity contribution in [3.05, 3.63) is 41.9 Å². The molecule has 2 rings (SSSR count). The number of nitrogens with zero attached hydrogens (tertiary/aromatic N) is 3. The van der Waals surface area contributed by atoms with Gasteiger partial charge in [-0.1, -0.05) is 6.92 Å². The third-order valence-electron chi connectivity index (χ3n) is 2.40. The van der Waals surface area contributed by atoms with Gasteiger partial charge < -0.3 is 0 Å². The Balaban J connectivity index is 2.46. The largest absolute Gasteiger partial charge is 0.241 e. The van der Waals surface area contributed by atoms with Gasteiger partial charge in [-0.15, -0.1) is 0 Å². The van der Waals surface area contributed by atoms with Crippen molar-refractivity contribution >= 4 is 0 Å². The average molecular weight is 217 g/mol. The summed E-state index contributed by atoms with van der Waals surface area (Å²) in [4.78, 5) is 12.0. The number of hydrogen-bond acceptors (Lipinski definition) is 3. The lowest BCUT2D eigenvalue weighted by molar-refractivity contribution is 0.575. The molecule has 2 aromatic heterocycles. The van der Waals surface area contributed by atoms with E-state index in [4.69, 9.17) is 0 Å². The van der Waals surface area contributed by atoms with Crippen molar-refractivity contribution in [2.75, 3.05) is 0 Å². The molecule has 0 atom stereocenters. The molecular weight excluding hydrogens is 205 g/mol. The number of halogens is 1. The molecule has 0 unspecified atom stereocenters. The first-order chi connectivity index (χ1) is 7.70. The van der Waals surface area contributed by atoms with E-state index in [1.165, 1.54) is 12.5 Å². The van der Waals surface area contributed by atoms with Gasteiger partial charge in [-0.25, -0.2) is 15.0 Å². The van der Waals surface area contributed by atoms with E-state index >= 15 is 0 Å². The lowest BCUT2D eigenvalue weighted by atomic mass is 10.1. The van der Waals surface area contributed by atoms with Crippen LogP contribution in [-0.2, 0) is 6.42 Å². The molecule has 0 aliphatic heterocycles. The average Bonchev–Trinajstić information content (AvgIpc) is 2.33. The van der Waals surface area contributed by atoms with Crippen LogP contribution in [0.15, 0.2) is 24.7 Å². The maximum Gasteiger partial charge on any atom is 0.215 e. The topological polar surface area (TPSA) is 38.7 Å². The van der Waals surface area contributed by atoms with Gasteiger partial charge in [0.05, 0.1) is 5.69 Å². The summed E-state index contributed by atoms with van der Waals surface area (Å²) in [7, 11) is 0. The summed E-state index contributed by atoms with van der Waals surface area (Å²) in [5, 5.41) is 0. The van der Waals surface area contributed by atoms with E-state index < -0.39 is 5.95 Å². The Bertz CT molecular complexity index is 511. The molecule has 2 aromatic rings. The van der Waals surface area contributed by atoms with E-state index in [-0.39, 0.29) is 0 Å². The van der Waals surface area contributed by atoms with Crippen LogP contribution >= 0.6 is 0 Å². The van der Waals surface area contributed by atoms with Gasteiger partial charge in [0.2, 0.25) is 5.95 Å². The zero-order chi connectivity index (χ0) is 11.5. The quantitative estimate of drug-likeness (QED) is 0.725. The van der Waals surface area contributed by atoms with E-state index in [0.717, 1.165) is 23.4 Å². The summed E-state index contributed by atoms with van der Waals surface area (Å²) in [5.74, 6) is -0.437. The van der Waals surface area contributed by atoms with Crippen LogP contribution in [-0.4, -0.2) is 15.0 Å². The van der Waals surface area contributed by atoms with Crippen molar-refractivity contribution in [3.8, 4) is 11.3 Å². The molecule has 0 spiro atoms. The smallest absolute Gasteiger partial charge is 0.215 e. The molecule has 0 amide bonds. The fraction of sp³-hybridized carbons (Fsp3) is 0.250. The minimum absolute atomic E-state index is 0.437. The van der Waals surface area contributed by atoms with Crippen LogP contribution in [0.5, 0.6) is 0 Å². The maximum atomic E-state index is 13.0. The molecule has 0 aliphatic rings. The summed E-state index contributed by atoms with van der Waals surface area (Å²) < 4.78 is 13.0. The van der Waals surface area contributed by atoms with Crippen LogP contribution in [0.4, 0.5) is 4.39 Å². The van der Waals surface area contributed by atoms with E-state index in [9.17, 15) is 4.39 Å². The highest BCUT2D eigenvalue weighted by Crippen LogP contribution is 2.18. The highest BCUT2D eigenvalue weighted by atomic mass is 19.1. The Labute approximate surface area is 93.4 Å². The SMILES string of the molecule is CCc1cc(-c2cnc(F)c(C)c2)ncn1. The molecule has 4 heteroatoms. The van der Waals surface area contributed by atoms with Crippen molar-refractivity contribution < 1.29 is 4.39 Å². The molecule has 0 fully saturated rings. The molecule has 16 heavy (non-hydrogen) atoms. The second-order valence-corrected chi connectivity index (χ2v) is 3.58. The second kappa shape index (κ2) is 4.35. The zero-order valence-corrected chi connectivity index (χ0v) is 9.24. The Morgan fingerprint density at radius 1 is 1.19 bits per heavy atom. The van der Waals surface area contributed by atoms with Crippen LogP contribution < -0.4 is 0 Å². The molecule has 3 nitrogen and oxygen atoms in total. The van der Waals surface area contributed by atoms with Gasteiger partial charge in [-0.3, -0.25) is 0 Å². The van der Waals surface area contributed by atoms with Crippen LogP contribution in [0, 0.1) is 12.9 Å². The predicted octanol–water partition coefficient (Wildman–Crippen LogP) is 2.55. The first-order valence-corrected chi connectivity index (χ1v) is 5.14. The van der Waals surface area contributed by atoms with Gasteiger partial charge in [0.1, 0.15) is 6.33 Å².